The molecule has 0 amide bonds. The topological polar surface area (TPSA) is 37.0 Å². The number of aryl methyl sites for hydroxylation is 1. The van der Waals surface area contributed by atoms with Gasteiger partial charge in [0.2, 0.25) is 0 Å². The number of aromatic amines is 1. The molecule has 130 valence electrons. The standard InChI is InChI=1S/C21H23FN2O/c1-23-15-5-8-20-17(12-15)16-10-13(4-7-19(16)24-20)9-14-3-6-18(22)21(11-14)25-2/h3-4,6-7,10-11,15,23-24H,5,8-9,12H2,1-2H3. The third kappa shape index (κ3) is 3.02. The molecule has 1 aromatic heterocycles. The van der Waals surface area contributed by atoms with Crippen molar-refractivity contribution >= 4 is 10.9 Å². The predicted molar refractivity (Wildman–Crippen MR) is 98.9 cm³/mol. The summed E-state index contributed by atoms with van der Waals surface area (Å²) in [5.74, 6) is -0.0195. The number of methoxy groups -OCH3 is 1. The first kappa shape index (κ1) is 16.2. The second kappa shape index (κ2) is 6.52. The Morgan fingerprint density at radius 1 is 1.20 bits per heavy atom. The van der Waals surface area contributed by atoms with Gasteiger partial charge in [0.1, 0.15) is 0 Å². The van der Waals surface area contributed by atoms with Crippen molar-refractivity contribution in [1.82, 2.24) is 10.3 Å². The van der Waals surface area contributed by atoms with Crippen LogP contribution >= 0.6 is 0 Å². The Hall–Kier alpha value is -2.33. The number of H-pyrrole nitrogens is 1. The van der Waals surface area contributed by atoms with E-state index >= 15 is 0 Å². The third-order valence-electron chi connectivity index (χ3n) is 5.28. The number of benzene rings is 2. The van der Waals surface area contributed by atoms with Gasteiger partial charge < -0.3 is 15.0 Å². The van der Waals surface area contributed by atoms with Crippen molar-refractivity contribution < 1.29 is 9.13 Å². The molecule has 1 aliphatic carbocycles. The van der Waals surface area contributed by atoms with Crippen molar-refractivity contribution in [2.45, 2.75) is 31.7 Å². The normalized spacial score (nSPS) is 16.8. The second-order valence-electron chi connectivity index (χ2n) is 6.84. The summed E-state index contributed by atoms with van der Waals surface area (Å²) in [5.41, 5.74) is 6.31. The van der Waals surface area contributed by atoms with E-state index in [1.54, 1.807) is 6.07 Å². The van der Waals surface area contributed by atoms with Gasteiger partial charge >= 0.3 is 0 Å². The van der Waals surface area contributed by atoms with Crippen LogP contribution in [0, 0.1) is 5.82 Å². The van der Waals surface area contributed by atoms with E-state index in [1.165, 1.54) is 47.3 Å². The number of nitrogens with one attached hydrogen (secondary N) is 2. The third-order valence-corrected chi connectivity index (χ3v) is 5.28. The van der Waals surface area contributed by atoms with E-state index in [-0.39, 0.29) is 5.82 Å². The summed E-state index contributed by atoms with van der Waals surface area (Å²) >= 11 is 0. The summed E-state index contributed by atoms with van der Waals surface area (Å²) < 4.78 is 18.7. The smallest absolute Gasteiger partial charge is 0.165 e. The van der Waals surface area contributed by atoms with Crippen molar-refractivity contribution in [1.29, 1.82) is 0 Å². The van der Waals surface area contributed by atoms with Crippen LogP contribution < -0.4 is 10.1 Å². The molecule has 25 heavy (non-hydrogen) atoms. The van der Waals surface area contributed by atoms with Crippen molar-refractivity contribution in [3.63, 3.8) is 0 Å². The minimum absolute atomic E-state index is 0.300. The number of rotatable bonds is 4. The first-order chi connectivity index (χ1) is 12.2. The average Bonchev–Trinajstić information content (AvgIpc) is 3.00. The molecule has 0 aliphatic heterocycles. The van der Waals surface area contributed by atoms with Crippen LogP contribution in [0.4, 0.5) is 4.39 Å². The molecule has 4 heteroatoms. The Kier molecular flexibility index (Phi) is 4.22. The first-order valence-corrected chi connectivity index (χ1v) is 8.80. The maximum Gasteiger partial charge on any atom is 0.165 e. The predicted octanol–water partition coefficient (Wildman–Crippen LogP) is 3.98. The monoisotopic (exact) mass is 338 g/mol. The van der Waals surface area contributed by atoms with Crippen molar-refractivity contribution in [2.24, 2.45) is 0 Å². The van der Waals surface area contributed by atoms with Gasteiger partial charge in [0.05, 0.1) is 7.11 Å². The molecule has 2 aromatic carbocycles. The fourth-order valence-corrected chi connectivity index (χ4v) is 3.87. The van der Waals surface area contributed by atoms with Crippen LogP contribution in [0.1, 0.15) is 28.8 Å². The highest BCUT2D eigenvalue weighted by molar-refractivity contribution is 5.85. The van der Waals surface area contributed by atoms with Crippen molar-refractivity contribution in [2.75, 3.05) is 14.2 Å². The fraction of sp³-hybridized carbons (Fsp3) is 0.333. The maximum absolute atomic E-state index is 13.6. The van der Waals surface area contributed by atoms with Gasteiger partial charge in [-0.05, 0) is 73.7 Å². The number of ether oxygens (including phenoxy) is 1. The summed E-state index contributed by atoms with van der Waals surface area (Å²) in [5, 5.41) is 4.73. The lowest BCUT2D eigenvalue weighted by Crippen LogP contribution is -2.31. The number of hydrogen-bond acceptors (Lipinski definition) is 2. The lowest BCUT2D eigenvalue weighted by molar-refractivity contribution is 0.386. The van der Waals surface area contributed by atoms with Crippen LogP contribution in [-0.2, 0) is 19.3 Å². The Morgan fingerprint density at radius 2 is 2.00 bits per heavy atom. The van der Waals surface area contributed by atoms with E-state index in [0.717, 1.165) is 24.8 Å². The highest BCUT2D eigenvalue weighted by Gasteiger charge is 2.21. The number of aromatic nitrogens is 1. The van der Waals surface area contributed by atoms with E-state index in [0.29, 0.717) is 11.8 Å². The first-order valence-electron chi connectivity index (χ1n) is 8.80. The quantitative estimate of drug-likeness (QED) is 0.755. The van der Waals surface area contributed by atoms with Gasteiger partial charge in [-0.3, -0.25) is 0 Å². The van der Waals surface area contributed by atoms with Crippen LogP contribution in [0.3, 0.4) is 0 Å². The molecule has 2 N–H and O–H groups in total. The molecule has 1 heterocycles. The maximum atomic E-state index is 13.6. The molecule has 1 unspecified atom stereocenters. The van der Waals surface area contributed by atoms with Gasteiger partial charge in [0.15, 0.2) is 11.6 Å². The molecule has 0 radical (unpaired) electrons. The molecule has 1 atom stereocenters. The number of likely N-dealkylation sites (N-methyl/N-ethyl adjacent to an activating group) is 1. The van der Waals surface area contributed by atoms with Gasteiger partial charge in [-0.25, -0.2) is 4.39 Å². The summed E-state index contributed by atoms with van der Waals surface area (Å²) in [6, 6.07) is 12.2. The molecule has 0 fully saturated rings. The highest BCUT2D eigenvalue weighted by atomic mass is 19.1. The van der Waals surface area contributed by atoms with Crippen LogP contribution in [-0.4, -0.2) is 25.2 Å². The minimum atomic E-state index is -0.320. The van der Waals surface area contributed by atoms with Gasteiger partial charge in [0, 0.05) is 22.6 Å². The van der Waals surface area contributed by atoms with E-state index in [4.69, 9.17) is 4.74 Å². The van der Waals surface area contributed by atoms with Gasteiger partial charge in [-0.2, -0.15) is 0 Å². The number of fused-ring (bicyclic) bond motifs is 3. The number of hydrogen-bond donors (Lipinski definition) is 2. The van der Waals surface area contributed by atoms with Gasteiger partial charge in [0.25, 0.3) is 0 Å². The van der Waals surface area contributed by atoms with Crippen LogP contribution in [0.25, 0.3) is 10.9 Å². The molecule has 0 bridgehead atoms. The Balaban J connectivity index is 1.67. The highest BCUT2D eigenvalue weighted by Crippen LogP contribution is 2.30. The fourth-order valence-electron chi connectivity index (χ4n) is 3.87. The molecule has 1 aliphatic rings. The van der Waals surface area contributed by atoms with Crippen LogP contribution in [0.2, 0.25) is 0 Å². The summed E-state index contributed by atoms with van der Waals surface area (Å²) in [6.45, 7) is 0. The molecule has 4 rings (SSSR count). The zero-order valence-corrected chi connectivity index (χ0v) is 14.7. The van der Waals surface area contributed by atoms with Crippen molar-refractivity contribution in [3.8, 4) is 5.75 Å². The molecule has 0 saturated carbocycles. The lowest BCUT2D eigenvalue weighted by atomic mass is 9.91. The number of halogens is 1. The van der Waals surface area contributed by atoms with Crippen molar-refractivity contribution in [3.05, 3.63) is 64.6 Å². The Bertz CT molecular complexity index is 916. The van der Waals surface area contributed by atoms with E-state index in [1.807, 2.05) is 13.1 Å². The van der Waals surface area contributed by atoms with E-state index in [9.17, 15) is 4.39 Å². The Labute approximate surface area is 147 Å². The molecule has 0 saturated heterocycles. The largest absolute Gasteiger partial charge is 0.494 e. The van der Waals surface area contributed by atoms with Crippen LogP contribution in [0.5, 0.6) is 5.75 Å². The average molecular weight is 338 g/mol. The SMILES string of the molecule is CNC1CCc2[nH]c3ccc(Cc4ccc(F)c(OC)c4)cc3c2C1. The lowest BCUT2D eigenvalue weighted by Gasteiger charge is -2.21. The molecule has 0 spiro atoms. The molecular weight excluding hydrogens is 315 g/mol. The minimum Gasteiger partial charge on any atom is -0.494 e. The van der Waals surface area contributed by atoms with Crippen LogP contribution in [0.15, 0.2) is 36.4 Å². The molecule has 3 aromatic rings. The molecular formula is C21H23FN2O. The summed E-state index contributed by atoms with van der Waals surface area (Å²) in [4.78, 5) is 3.58. The van der Waals surface area contributed by atoms with Gasteiger partial charge in [-0.1, -0.05) is 12.1 Å². The summed E-state index contributed by atoms with van der Waals surface area (Å²) in [6.07, 6.45) is 4.11. The zero-order valence-electron chi connectivity index (χ0n) is 14.7. The summed E-state index contributed by atoms with van der Waals surface area (Å²) in [7, 11) is 3.54. The van der Waals surface area contributed by atoms with Gasteiger partial charge in [-0.15, -0.1) is 0 Å². The second-order valence-corrected chi connectivity index (χ2v) is 6.84. The Morgan fingerprint density at radius 3 is 2.80 bits per heavy atom. The molecule has 3 nitrogen and oxygen atoms in total. The van der Waals surface area contributed by atoms with E-state index < -0.39 is 0 Å². The zero-order chi connectivity index (χ0) is 17.4. The van der Waals surface area contributed by atoms with E-state index in [2.05, 4.69) is 28.5 Å².